The highest BCUT2D eigenvalue weighted by molar-refractivity contribution is 6.07. The Balaban J connectivity index is 1.92. The van der Waals surface area contributed by atoms with E-state index in [2.05, 4.69) is 10.7 Å². The van der Waals surface area contributed by atoms with Gasteiger partial charge in [-0.1, -0.05) is 6.92 Å². The van der Waals surface area contributed by atoms with Crippen LogP contribution in [0.2, 0.25) is 0 Å². The first-order chi connectivity index (χ1) is 10.2. The molecule has 8 nitrogen and oxygen atoms in total. The van der Waals surface area contributed by atoms with Crippen LogP contribution < -0.4 is 10.7 Å². The largest absolute Gasteiger partial charge is 0.373 e. The lowest BCUT2D eigenvalue weighted by Crippen LogP contribution is -2.53. The van der Waals surface area contributed by atoms with Gasteiger partial charge >= 0.3 is 6.03 Å². The van der Waals surface area contributed by atoms with E-state index >= 15 is 0 Å². The molecule has 3 atom stereocenters. The van der Waals surface area contributed by atoms with Crippen molar-refractivity contribution in [1.82, 2.24) is 20.7 Å². The van der Waals surface area contributed by atoms with E-state index in [0.29, 0.717) is 19.5 Å². The van der Waals surface area contributed by atoms with Crippen molar-refractivity contribution in [2.45, 2.75) is 51.9 Å². The first-order valence-corrected chi connectivity index (χ1v) is 7.59. The SMILES string of the molecule is CCC1(C)NC(=O)N(NC(=O)CN2CC(C)OC(C)C2)C1=O. The van der Waals surface area contributed by atoms with E-state index < -0.39 is 17.5 Å². The summed E-state index contributed by atoms with van der Waals surface area (Å²) in [6.07, 6.45) is 0.566. The molecule has 3 unspecified atom stereocenters. The van der Waals surface area contributed by atoms with Crippen LogP contribution in [0.5, 0.6) is 0 Å². The van der Waals surface area contributed by atoms with Crippen LogP contribution in [0.15, 0.2) is 0 Å². The molecule has 4 amide bonds. The molecule has 0 saturated carbocycles. The van der Waals surface area contributed by atoms with Crippen LogP contribution in [0.3, 0.4) is 0 Å². The van der Waals surface area contributed by atoms with Gasteiger partial charge in [-0.25, -0.2) is 4.79 Å². The Kier molecular flexibility index (Phi) is 4.72. The predicted octanol–water partition coefficient (Wildman–Crippen LogP) is -0.153. The highest BCUT2D eigenvalue weighted by Gasteiger charge is 2.47. The molecule has 2 saturated heterocycles. The number of hydrogen-bond acceptors (Lipinski definition) is 5. The third-order valence-electron chi connectivity index (χ3n) is 4.07. The Morgan fingerprint density at radius 2 is 1.95 bits per heavy atom. The average molecular weight is 312 g/mol. The van der Waals surface area contributed by atoms with Crippen LogP contribution in [-0.4, -0.2) is 65.1 Å². The second-order valence-corrected chi connectivity index (χ2v) is 6.24. The summed E-state index contributed by atoms with van der Waals surface area (Å²) < 4.78 is 5.61. The highest BCUT2D eigenvalue weighted by atomic mass is 16.5. The van der Waals surface area contributed by atoms with Gasteiger partial charge in [0.25, 0.3) is 11.8 Å². The van der Waals surface area contributed by atoms with E-state index in [1.165, 1.54) is 0 Å². The van der Waals surface area contributed by atoms with Gasteiger partial charge in [-0.05, 0) is 27.2 Å². The van der Waals surface area contributed by atoms with Crippen LogP contribution >= 0.6 is 0 Å². The van der Waals surface area contributed by atoms with Crippen molar-refractivity contribution in [2.75, 3.05) is 19.6 Å². The molecule has 22 heavy (non-hydrogen) atoms. The first kappa shape index (κ1) is 16.7. The Bertz CT molecular complexity index is 473. The Hall–Kier alpha value is -1.67. The summed E-state index contributed by atoms with van der Waals surface area (Å²) >= 11 is 0. The van der Waals surface area contributed by atoms with Crippen LogP contribution in [0.1, 0.15) is 34.1 Å². The minimum Gasteiger partial charge on any atom is -0.373 e. The summed E-state index contributed by atoms with van der Waals surface area (Å²) in [6.45, 7) is 8.76. The van der Waals surface area contributed by atoms with Crippen molar-refractivity contribution in [3.8, 4) is 0 Å². The molecule has 0 aliphatic carbocycles. The predicted molar refractivity (Wildman–Crippen MR) is 78.7 cm³/mol. The van der Waals surface area contributed by atoms with Crippen molar-refractivity contribution < 1.29 is 19.1 Å². The normalized spacial score (nSPS) is 33.0. The Labute approximate surface area is 130 Å². The number of carbonyl (C=O) groups is 3. The maximum Gasteiger partial charge on any atom is 0.344 e. The molecule has 0 aromatic carbocycles. The third-order valence-corrected chi connectivity index (χ3v) is 4.07. The summed E-state index contributed by atoms with van der Waals surface area (Å²) in [5.74, 6) is -0.817. The lowest BCUT2D eigenvalue weighted by atomic mass is 10.00. The third kappa shape index (κ3) is 3.38. The van der Waals surface area contributed by atoms with Crippen molar-refractivity contribution in [3.05, 3.63) is 0 Å². The van der Waals surface area contributed by atoms with Crippen LogP contribution in [0, 0.1) is 0 Å². The minimum atomic E-state index is -0.952. The lowest BCUT2D eigenvalue weighted by Gasteiger charge is -2.34. The highest BCUT2D eigenvalue weighted by Crippen LogP contribution is 2.19. The Morgan fingerprint density at radius 1 is 1.36 bits per heavy atom. The fourth-order valence-corrected chi connectivity index (χ4v) is 2.80. The molecule has 0 aromatic rings. The molecule has 0 bridgehead atoms. The van der Waals surface area contributed by atoms with Gasteiger partial charge < -0.3 is 10.1 Å². The topological polar surface area (TPSA) is 91.0 Å². The second-order valence-electron chi connectivity index (χ2n) is 6.24. The number of imide groups is 1. The molecule has 8 heteroatoms. The number of rotatable bonds is 4. The molecule has 0 radical (unpaired) electrons. The summed E-state index contributed by atoms with van der Waals surface area (Å²) in [6, 6.07) is -0.591. The number of urea groups is 1. The van der Waals surface area contributed by atoms with Gasteiger partial charge in [0, 0.05) is 13.1 Å². The monoisotopic (exact) mass is 312 g/mol. The maximum atomic E-state index is 12.2. The number of ether oxygens (including phenoxy) is 1. The van der Waals surface area contributed by atoms with Gasteiger partial charge in [0.05, 0.1) is 18.8 Å². The molecule has 2 aliphatic heterocycles. The zero-order valence-electron chi connectivity index (χ0n) is 13.5. The zero-order valence-corrected chi connectivity index (χ0v) is 13.5. The number of amides is 4. The van der Waals surface area contributed by atoms with E-state index in [1.54, 1.807) is 13.8 Å². The van der Waals surface area contributed by atoms with Crippen LogP contribution in [0.25, 0.3) is 0 Å². The summed E-state index contributed by atoms with van der Waals surface area (Å²) in [7, 11) is 0. The van der Waals surface area contributed by atoms with Crippen molar-refractivity contribution in [2.24, 2.45) is 0 Å². The average Bonchev–Trinajstić information content (AvgIpc) is 2.62. The number of carbonyl (C=O) groups excluding carboxylic acids is 3. The summed E-state index contributed by atoms with van der Waals surface area (Å²) in [4.78, 5) is 38.1. The van der Waals surface area contributed by atoms with E-state index in [0.717, 1.165) is 5.01 Å². The molecule has 0 aromatic heterocycles. The molecule has 2 N–H and O–H groups in total. The van der Waals surface area contributed by atoms with E-state index in [-0.39, 0.29) is 24.7 Å². The second kappa shape index (κ2) is 6.21. The van der Waals surface area contributed by atoms with Crippen molar-refractivity contribution >= 4 is 17.8 Å². The van der Waals surface area contributed by atoms with Gasteiger partial charge in [-0.15, -0.1) is 0 Å². The molecule has 2 fully saturated rings. The fraction of sp³-hybridized carbons (Fsp3) is 0.786. The zero-order chi connectivity index (χ0) is 16.5. The lowest BCUT2D eigenvalue weighted by molar-refractivity contribution is -0.140. The minimum absolute atomic E-state index is 0.0525. The molecular weight excluding hydrogens is 288 g/mol. The molecule has 2 rings (SSSR count). The van der Waals surface area contributed by atoms with Crippen molar-refractivity contribution in [3.63, 3.8) is 0 Å². The van der Waals surface area contributed by atoms with E-state index in [4.69, 9.17) is 4.74 Å². The summed E-state index contributed by atoms with van der Waals surface area (Å²) in [5, 5.41) is 3.37. The van der Waals surface area contributed by atoms with Gasteiger partial charge in [0.15, 0.2) is 0 Å². The number of nitrogens with one attached hydrogen (secondary N) is 2. The first-order valence-electron chi connectivity index (χ1n) is 7.59. The standard InChI is InChI=1S/C14H24N4O4/c1-5-14(4)12(20)18(13(21)15-14)16-11(19)8-17-6-9(2)22-10(3)7-17/h9-10H,5-8H2,1-4H3,(H,15,21)(H,16,19). The van der Waals surface area contributed by atoms with Gasteiger partial charge in [0.2, 0.25) is 0 Å². The van der Waals surface area contributed by atoms with Crippen molar-refractivity contribution in [1.29, 1.82) is 0 Å². The molecule has 2 aliphatic rings. The van der Waals surface area contributed by atoms with Gasteiger partial charge in [0.1, 0.15) is 5.54 Å². The smallest absolute Gasteiger partial charge is 0.344 e. The Morgan fingerprint density at radius 3 is 2.45 bits per heavy atom. The number of hydrazine groups is 1. The number of morpholine rings is 1. The van der Waals surface area contributed by atoms with Crippen LogP contribution in [-0.2, 0) is 14.3 Å². The molecule has 124 valence electrons. The maximum absolute atomic E-state index is 12.2. The molecule has 0 spiro atoms. The number of hydrogen-bond donors (Lipinski definition) is 2. The van der Waals surface area contributed by atoms with Crippen LogP contribution in [0.4, 0.5) is 4.79 Å². The number of nitrogens with zero attached hydrogens (tertiary/aromatic N) is 2. The molecular formula is C14H24N4O4. The van der Waals surface area contributed by atoms with Gasteiger partial charge in [-0.2, -0.15) is 5.01 Å². The molecule has 2 heterocycles. The summed E-state index contributed by atoms with van der Waals surface area (Å²) in [5.41, 5.74) is 1.44. The van der Waals surface area contributed by atoms with E-state index in [1.807, 2.05) is 18.7 Å². The quantitative estimate of drug-likeness (QED) is 0.704. The van der Waals surface area contributed by atoms with E-state index in [9.17, 15) is 14.4 Å². The van der Waals surface area contributed by atoms with Gasteiger partial charge in [-0.3, -0.25) is 19.9 Å². The fourth-order valence-electron chi connectivity index (χ4n) is 2.80.